The maximum atomic E-state index is 5.95. The van der Waals surface area contributed by atoms with E-state index < -0.39 is 0 Å². The average molecular weight is 350 g/mol. The van der Waals surface area contributed by atoms with Crippen molar-refractivity contribution in [2.24, 2.45) is 0 Å². The molecule has 6 heteroatoms. The number of aromatic nitrogens is 4. The topological polar surface area (TPSA) is 43.6 Å². The van der Waals surface area contributed by atoms with Gasteiger partial charge in [-0.1, -0.05) is 52.3 Å². The molecule has 0 aliphatic rings. The summed E-state index contributed by atoms with van der Waals surface area (Å²) in [5.41, 5.74) is 2.71. The highest BCUT2D eigenvalue weighted by atomic mass is 79.9. The van der Waals surface area contributed by atoms with E-state index >= 15 is 0 Å². The van der Waals surface area contributed by atoms with Gasteiger partial charge in [-0.15, -0.1) is 26.6 Å². The first-order valence-corrected chi connectivity index (χ1v) is 7.31. The number of hydrogen-bond acceptors (Lipinski definition) is 3. The van der Waals surface area contributed by atoms with Crippen molar-refractivity contribution in [3.05, 3.63) is 58.6 Å². The molecule has 0 N–H and O–H groups in total. The van der Waals surface area contributed by atoms with E-state index in [1.807, 2.05) is 48.5 Å². The molecule has 3 aromatic rings. The van der Waals surface area contributed by atoms with E-state index in [9.17, 15) is 0 Å². The van der Waals surface area contributed by atoms with Crippen molar-refractivity contribution in [1.29, 1.82) is 0 Å². The Labute approximate surface area is 129 Å². The second kappa shape index (κ2) is 5.73. The number of tetrazole rings is 1. The second-order valence-electron chi connectivity index (χ2n) is 4.18. The van der Waals surface area contributed by atoms with E-state index in [1.54, 1.807) is 0 Å². The zero-order valence-corrected chi connectivity index (χ0v) is 12.7. The fraction of sp³-hybridized carbons (Fsp3) is 0.0714. The molecule has 0 saturated carbocycles. The lowest BCUT2D eigenvalue weighted by Gasteiger charge is -2.05. The van der Waals surface area contributed by atoms with Crippen LogP contribution in [-0.2, 0) is 5.88 Å². The van der Waals surface area contributed by atoms with Crippen molar-refractivity contribution in [1.82, 2.24) is 20.2 Å². The summed E-state index contributed by atoms with van der Waals surface area (Å²) in [6.07, 6.45) is 0. The number of benzene rings is 2. The lowest BCUT2D eigenvalue weighted by molar-refractivity contribution is 0.715. The molecule has 100 valence electrons. The summed E-state index contributed by atoms with van der Waals surface area (Å²) in [5.74, 6) is 0.983. The number of hydrogen-bond donors (Lipinski definition) is 0. The highest BCUT2D eigenvalue weighted by Gasteiger charge is 2.10. The van der Waals surface area contributed by atoms with Crippen molar-refractivity contribution in [2.75, 3.05) is 0 Å². The lowest BCUT2D eigenvalue weighted by Crippen LogP contribution is -2.02. The van der Waals surface area contributed by atoms with Crippen LogP contribution in [0.4, 0.5) is 0 Å². The van der Waals surface area contributed by atoms with Crippen LogP contribution < -0.4 is 0 Å². The third kappa shape index (κ3) is 2.59. The molecule has 0 amide bonds. The minimum atomic E-state index is 0.394. The normalized spacial score (nSPS) is 10.7. The van der Waals surface area contributed by atoms with Gasteiger partial charge in [0.2, 0.25) is 5.82 Å². The first kappa shape index (κ1) is 13.3. The maximum absolute atomic E-state index is 5.95. The standard InChI is InChI=1S/C14H10BrClN4/c15-12-7-6-11(9-16)13(8-12)20-18-14(17-19-20)10-4-2-1-3-5-10/h1-8H,9H2. The predicted molar refractivity (Wildman–Crippen MR) is 81.8 cm³/mol. The van der Waals surface area contributed by atoms with Gasteiger partial charge in [0.1, 0.15) is 0 Å². The number of alkyl halides is 1. The largest absolute Gasteiger partial charge is 0.205 e. The molecule has 0 bridgehead atoms. The predicted octanol–water partition coefficient (Wildman–Crippen LogP) is 3.83. The van der Waals surface area contributed by atoms with Crippen molar-refractivity contribution < 1.29 is 0 Å². The van der Waals surface area contributed by atoms with E-state index in [0.29, 0.717) is 11.7 Å². The van der Waals surface area contributed by atoms with Gasteiger partial charge >= 0.3 is 0 Å². The van der Waals surface area contributed by atoms with E-state index in [2.05, 4.69) is 31.3 Å². The highest BCUT2D eigenvalue weighted by molar-refractivity contribution is 9.10. The number of nitrogens with zero attached hydrogens (tertiary/aromatic N) is 4. The molecule has 3 rings (SSSR count). The molecule has 4 nitrogen and oxygen atoms in total. The van der Waals surface area contributed by atoms with Gasteiger partial charge in [0.15, 0.2) is 0 Å². The summed E-state index contributed by atoms with van der Waals surface area (Å²) in [7, 11) is 0. The van der Waals surface area contributed by atoms with Crippen molar-refractivity contribution in [3.63, 3.8) is 0 Å². The fourth-order valence-corrected chi connectivity index (χ4v) is 2.43. The molecule has 0 radical (unpaired) electrons. The van der Waals surface area contributed by atoms with Crippen molar-refractivity contribution >= 4 is 27.5 Å². The Kier molecular flexibility index (Phi) is 3.80. The maximum Gasteiger partial charge on any atom is 0.205 e. The van der Waals surface area contributed by atoms with Crippen LogP contribution in [0.25, 0.3) is 17.1 Å². The molecule has 0 spiro atoms. The van der Waals surface area contributed by atoms with Gasteiger partial charge in [0, 0.05) is 15.9 Å². The first-order chi connectivity index (χ1) is 9.78. The minimum absolute atomic E-state index is 0.394. The first-order valence-electron chi connectivity index (χ1n) is 5.98. The monoisotopic (exact) mass is 348 g/mol. The van der Waals surface area contributed by atoms with Crippen molar-refractivity contribution in [3.8, 4) is 17.1 Å². The third-order valence-electron chi connectivity index (χ3n) is 2.85. The van der Waals surface area contributed by atoms with Crippen LogP contribution in [-0.4, -0.2) is 20.2 Å². The van der Waals surface area contributed by atoms with Gasteiger partial charge in [-0.05, 0) is 22.9 Å². The molecule has 0 atom stereocenters. The Morgan fingerprint density at radius 2 is 1.90 bits per heavy atom. The van der Waals surface area contributed by atoms with Gasteiger partial charge in [-0.25, -0.2) is 0 Å². The summed E-state index contributed by atoms with van der Waals surface area (Å²) in [5, 5.41) is 12.6. The molecule has 20 heavy (non-hydrogen) atoms. The van der Waals surface area contributed by atoms with Gasteiger partial charge in [0.25, 0.3) is 0 Å². The van der Waals surface area contributed by atoms with Gasteiger partial charge in [-0.3, -0.25) is 0 Å². The molecule has 0 unspecified atom stereocenters. The van der Waals surface area contributed by atoms with Crippen LogP contribution in [0, 0.1) is 0 Å². The molecule has 2 aromatic carbocycles. The Bertz CT molecular complexity index is 727. The van der Waals surface area contributed by atoms with Gasteiger partial charge in [-0.2, -0.15) is 0 Å². The number of rotatable bonds is 3. The van der Waals surface area contributed by atoms with Crippen molar-refractivity contribution in [2.45, 2.75) is 5.88 Å². The summed E-state index contributed by atoms with van der Waals surface area (Å²) in [6.45, 7) is 0. The van der Waals surface area contributed by atoms with E-state index in [-0.39, 0.29) is 0 Å². The molecule has 0 saturated heterocycles. The Balaban J connectivity index is 2.04. The molecular formula is C14H10BrClN4. The molecule has 0 aliphatic heterocycles. The minimum Gasteiger partial charge on any atom is -0.130 e. The molecule has 0 fully saturated rings. The van der Waals surface area contributed by atoms with Crippen LogP contribution >= 0.6 is 27.5 Å². The van der Waals surface area contributed by atoms with Crippen LogP contribution in [0.5, 0.6) is 0 Å². The second-order valence-corrected chi connectivity index (χ2v) is 5.36. The van der Waals surface area contributed by atoms with Crippen LogP contribution in [0.2, 0.25) is 0 Å². The summed E-state index contributed by atoms with van der Waals surface area (Å²) >= 11 is 9.40. The average Bonchev–Trinajstić information content (AvgIpc) is 2.98. The summed E-state index contributed by atoms with van der Waals surface area (Å²) in [4.78, 5) is 1.50. The quantitative estimate of drug-likeness (QED) is 0.675. The molecule has 1 heterocycles. The summed E-state index contributed by atoms with van der Waals surface area (Å²) < 4.78 is 0.944. The Morgan fingerprint density at radius 3 is 2.65 bits per heavy atom. The Hall–Kier alpha value is -1.72. The zero-order chi connectivity index (χ0) is 13.9. The van der Waals surface area contributed by atoms with E-state index in [0.717, 1.165) is 21.3 Å². The fourth-order valence-electron chi connectivity index (χ4n) is 1.86. The van der Waals surface area contributed by atoms with Gasteiger partial charge in [0.05, 0.1) is 5.69 Å². The zero-order valence-electron chi connectivity index (χ0n) is 10.4. The molecule has 1 aromatic heterocycles. The Morgan fingerprint density at radius 1 is 1.10 bits per heavy atom. The smallest absolute Gasteiger partial charge is 0.130 e. The van der Waals surface area contributed by atoms with Crippen LogP contribution in [0.3, 0.4) is 0 Å². The van der Waals surface area contributed by atoms with E-state index in [4.69, 9.17) is 11.6 Å². The third-order valence-corrected chi connectivity index (χ3v) is 3.63. The van der Waals surface area contributed by atoms with Crippen LogP contribution in [0.15, 0.2) is 53.0 Å². The highest BCUT2D eigenvalue weighted by Crippen LogP contribution is 2.21. The van der Waals surface area contributed by atoms with E-state index in [1.165, 1.54) is 4.80 Å². The molecule has 0 aliphatic carbocycles. The summed E-state index contributed by atoms with van der Waals surface area (Å²) in [6, 6.07) is 15.5. The lowest BCUT2D eigenvalue weighted by atomic mass is 10.2. The SMILES string of the molecule is ClCc1ccc(Br)cc1-n1nnc(-c2ccccc2)n1. The van der Waals surface area contributed by atoms with Crippen LogP contribution in [0.1, 0.15) is 5.56 Å². The molecular weight excluding hydrogens is 340 g/mol. The number of halogens is 2. The van der Waals surface area contributed by atoms with Gasteiger partial charge < -0.3 is 0 Å².